The second kappa shape index (κ2) is 8.89. The van der Waals surface area contributed by atoms with Crippen LogP contribution in [0, 0.1) is 11.3 Å². The summed E-state index contributed by atoms with van der Waals surface area (Å²) in [5.74, 6) is 1.41. The molecule has 3 aromatic rings. The second-order valence-corrected chi connectivity index (χ2v) is 6.16. The van der Waals surface area contributed by atoms with Crippen LogP contribution in [0.25, 0.3) is 0 Å². The van der Waals surface area contributed by atoms with Gasteiger partial charge in [0, 0.05) is 6.20 Å². The van der Waals surface area contributed by atoms with Crippen LogP contribution >= 0.6 is 11.6 Å². The third-order valence-electron chi connectivity index (χ3n) is 3.74. The Bertz CT molecular complexity index is 999. The Kier molecular flexibility index (Phi) is 6.10. The molecule has 0 aliphatic carbocycles. The molecule has 1 unspecified atom stereocenters. The van der Waals surface area contributed by atoms with Crippen molar-refractivity contribution in [2.45, 2.75) is 13.0 Å². The predicted octanol–water partition coefficient (Wildman–Crippen LogP) is 4.80. The molecule has 6 nitrogen and oxygen atoms in total. The van der Waals surface area contributed by atoms with Gasteiger partial charge in [0.2, 0.25) is 0 Å². The molecule has 140 valence electrons. The third kappa shape index (κ3) is 5.00. The lowest BCUT2D eigenvalue weighted by Crippen LogP contribution is -2.30. The minimum absolute atomic E-state index is 0.215. The summed E-state index contributed by atoms with van der Waals surface area (Å²) in [7, 11) is 0. The number of carbonyl (C=O) groups excluding carboxylic acids is 1. The molecule has 1 aromatic heterocycles. The van der Waals surface area contributed by atoms with Crippen molar-refractivity contribution < 1.29 is 14.3 Å². The highest BCUT2D eigenvalue weighted by Crippen LogP contribution is 2.25. The highest BCUT2D eigenvalue weighted by atomic mass is 35.5. The number of hydrogen-bond donors (Lipinski definition) is 1. The van der Waals surface area contributed by atoms with E-state index in [2.05, 4.69) is 16.4 Å². The number of nitriles is 1. The van der Waals surface area contributed by atoms with Gasteiger partial charge in [-0.25, -0.2) is 4.98 Å². The lowest BCUT2D eigenvalue weighted by Gasteiger charge is -2.15. The molecule has 0 aliphatic heterocycles. The zero-order valence-electron chi connectivity index (χ0n) is 14.9. The van der Waals surface area contributed by atoms with Gasteiger partial charge < -0.3 is 14.8 Å². The number of carbonyl (C=O) groups is 1. The fraction of sp³-hybridized carbons (Fsp3) is 0.0952. The van der Waals surface area contributed by atoms with E-state index in [4.69, 9.17) is 26.3 Å². The Balaban J connectivity index is 1.57. The first-order valence-corrected chi connectivity index (χ1v) is 8.79. The summed E-state index contributed by atoms with van der Waals surface area (Å²) in [6.45, 7) is 1.64. The maximum absolute atomic E-state index is 12.3. The molecule has 0 spiro atoms. The zero-order chi connectivity index (χ0) is 19.9. The fourth-order valence-corrected chi connectivity index (χ4v) is 2.46. The summed E-state index contributed by atoms with van der Waals surface area (Å²) in [6.07, 6.45) is 0.806. The largest absolute Gasteiger partial charge is 0.481 e. The van der Waals surface area contributed by atoms with Gasteiger partial charge in [0.15, 0.2) is 11.3 Å². The van der Waals surface area contributed by atoms with Gasteiger partial charge in [-0.3, -0.25) is 4.79 Å². The number of halogens is 1. The molecule has 0 saturated heterocycles. The average molecular weight is 394 g/mol. The second-order valence-electron chi connectivity index (χ2n) is 5.80. The molecule has 1 amide bonds. The molecule has 1 heterocycles. The van der Waals surface area contributed by atoms with Gasteiger partial charge in [0.25, 0.3) is 5.91 Å². The number of nitrogens with one attached hydrogen (secondary N) is 1. The molecule has 1 N–H and O–H groups in total. The van der Waals surface area contributed by atoms with Crippen LogP contribution in [0.15, 0.2) is 66.9 Å². The molecule has 0 radical (unpaired) electrons. The highest BCUT2D eigenvalue weighted by molar-refractivity contribution is 6.32. The number of amides is 1. The topological polar surface area (TPSA) is 84.2 Å². The third-order valence-corrected chi connectivity index (χ3v) is 4.04. The number of benzene rings is 2. The van der Waals surface area contributed by atoms with Gasteiger partial charge in [-0.1, -0.05) is 11.6 Å². The number of aromatic nitrogens is 1. The van der Waals surface area contributed by atoms with Crippen LogP contribution in [0.1, 0.15) is 12.5 Å². The number of ether oxygens (including phenoxy) is 2. The summed E-state index contributed by atoms with van der Waals surface area (Å²) in [6, 6.07) is 19.1. The molecule has 0 saturated carbocycles. The summed E-state index contributed by atoms with van der Waals surface area (Å²) in [4.78, 5) is 16.2. The van der Waals surface area contributed by atoms with E-state index in [1.807, 2.05) is 0 Å². The number of anilines is 1. The van der Waals surface area contributed by atoms with E-state index < -0.39 is 6.10 Å². The maximum Gasteiger partial charge on any atom is 0.265 e. The number of hydrogen-bond acceptors (Lipinski definition) is 5. The molecule has 7 heteroatoms. The van der Waals surface area contributed by atoms with Crippen LogP contribution in [0.4, 0.5) is 5.69 Å². The van der Waals surface area contributed by atoms with Gasteiger partial charge in [0.1, 0.15) is 17.2 Å². The molecular formula is C21H16ClN3O3. The van der Waals surface area contributed by atoms with Crippen LogP contribution in [-0.4, -0.2) is 17.0 Å². The molecule has 2 aromatic carbocycles. The van der Waals surface area contributed by atoms with Crippen LogP contribution in [0.3, 0.4) is 0 Å². The first-order chi connectivity index (χ1) is 13.5. The SMILES string of the molecule is CC(Oc1ccc(Oc2ccc(C#N)cc2)cc1)C(=O)Nc1cccnc1Cl. The molecule has 0 aliphatic rings. The monoisotopic (exact) mass is 393 g/mol. The van der Waals surface area contributed by atoms with Gasteiger partial charge >= 0.3 is 0 Å². The van der Waals surface area contributed by atoms with E-state index in [9.17, 15) is 4.79 Å². The lowest BCUT2D eigenvalue weighted by atomic mass is 10.2. The van der Waals surface area contributed by atoms with E-state index >= 15 is 0 Å². The van der Waals surface area contributed by atoms with E-state index in [0.717, 1.165) is 0 Å². The normalized spacial score (nSPS) is 11.2. The van der Waals surface area contributed by atoms with Crippen LogP contribution in [-0.2, 0) is 4.79 Å². The smallest absolute Gasteiger partial charge is 0.265 e. The van der Waals surface area contributed by atoms with Crippen LogP contribution < -0.4 is 14.8 Å². The zero-order valence-corrected chi connectivity index (χ0v) is 15.7. The average Bonchev–Trinajstić information content (AvgIpc) is 2.71. The number of pyridine rings is 1. The molecule has 0 bridgehead atoms. The lowest BCUT2D eigenvalue weighted by molar-refractivity contribution is -0.122. The van der Waals surface area contributed by atoms with Gasteiger partial charge in [-0.2, -0.15) is 5.26 Å². The molecule has 0 fully saturated rings. The van der Waals surface area contributed by atoms with E-state index in [0.29, 0.717) is 28.5 Å². The highest BCUT2D eigenvalue weighted by Gasteiger charge is 2.16. The standard InChI is InChI=1S/C21H16ClN3O3/c1-14(21(26)25-19-3-2-12-24-20(19)22)27-16-8-10-18(11-9-16)28-17-6-4-15(13-23)5-7-17/h2-12,14H,1H3,(H,25,26). The Hall–Kier alpha value is -3.56. The maximum atomic E-state index is 12.3. The quantitative estimate of drug-likeness (QED) is 0.608. The summed E-state index contributed by atoms with van der Waals surface area (Å²) in [5, 5.41) is 11.7. The Labute approximate surface area is 167 Å². The summed E-state index contributed by atoms with van der Waals surface area (Å²) >= 11 is 5.94. The van der Waals surface area contributed by atoms with Gasteiger partial charge in [-0.05, 0) is 67.6 Å². The van der Waals surface area contributed by atoms with Crippen LogP contribution in [0.5, 0.6) is 17.2 Å². The number of nitrogens with zero attached hydrogens (tertiary/aromatic N) is 2. The van der Waals surface area contributed by atoms with Gasteiger partial charge in [-0.15, -0.1) is 0 Å². The molecular weight excluding hydrogens is 378 g/mol. The van der Waals surface area contributed by atoms with Crippen molar-refractivity contribution in [1.29, 1.82) is 5.26 Å². The van der Waals surface area contributed by atoms with Gasteiger partial charge in [0.05, 0.1) is 17.3 Å². The summed E-state index contributed by atoms with van der Waals surface area (Å²) < 4.78 is 11.4. The van der Waals surface area contributed by atoms with Crippen molar-refractivity contribution in [3.8, 4) is 23.3 Å². The van der Waals surface area contributed by atoms with Crippen molar-refractivity contribution >= 4 is 23.2 Å². The molecule has 1 atom stereocenters. The van der Waals surface area contributed by atoms with Crippen molar-refractivity contribution in [2.24, 2.45) is 0 Å². The Morgan fingerprint density at radius 3 is 2.29 bits per heavy atom. The van der Waals surface area contributed by atoms with Crippen molar-refractivity contribution in [2.75, 3.05) is 5.32 Å². The first-order valence-electron chi connectivity index (χ1n) is 8.41. The van der Waals surface area contributed by atoms with Crippen LogP contribution in [0.2, 0.25) is 5.15 Å². The minimum Gasteiger partial charge on any atom is -0.481 e. The van der Waals surface area contributed by atoms with Crippen molar-refractivity contribution in [1.82, 2.24) is 4.98 Å². The predicted molar refractivity (Wildman–Crippen MR) is 106 cm³/mol. The Morgan fingerprint density at radius 2 is 1.68 bits per heavy atom. The summed E-state index contributed by atoms with van der Waals surface area (Å²) in [5.41, 5.74) is 0.992. The van der Waals surface area contributed by atoms with Crippen molar-refractivity contribution in [3.05, 3.63) is 77.6 Å². The van der Waals surface area contributed by atoms with E-state index in [1.165, 1.54) is 0 Å². The van der Waals surface area contributed by atoms with E-state index in [1.54, 1.807) is 73.8 Å². The van der Waals surface area contributed by atoms with Crippen molar-refractivity contribution in [3.63, 3.8) is 0 Å². The van der Waals surface area contributed by atoms with E-state index in [-0.39, 0.29) is 11.1 Å². The fourth-order valence-electron chi connectivity index (χ4n) is 2.29. The Morgan fingerprint density at radius 1 is 1.07 bits per heavy atom. The molecule has 3 rings (SSSR count). The number of rotatable bonds is 6. The first kappa shape index (κ1) is 19.2. The molecule has 28 heavy (non-hydrogen) atoms. The minimum atomic E-state index is -0.735.